The summed E-state index contributed by atoms with van der Waals surface area (Å²) >= 11 is 4.52. The van der Waals surface area contributed by atoms with Gasteiger partial charge in [0.1, 0.15) is 10.3 Å². The van der Waals surface area contributed by atoms with Crippen molar-refractivity contribution in [3.63, 3.8) is 0 Å². The van der Waals surface area contributed by atoms with Crippen LogP contribution in [0.15, 0.2) is 18.6 Å². The van der Waals surface area contributed by atoms with E-state index in [9.17, 15) is 8.94 Å². The Morgan fingerprint density at radius 2 is 2.21 bits per heavy atom. The first-order valence-electron chi connectivity index (χ1n) is 5.75. The molecule has 0 aliphatic rings. The highest BCUT2D eigenvalue weighted by molar-refractivity contribution is 7.90. The molecule has 0 saturated carbocycles. The molecule has 0 aromatic carbocycles. The maximum Gasteiger partial charge on any atom is 0.167 e. The van der Waals surface area contributed by atoms with E-state index in [4.69, 9.17) is 11.6 Å². The number of halogens is 2. The summed E-state index contributed by atoms with van der Waals surface area (Å²) in [4.78, 5) is 4.12. The van der Waals surface area contributed by atoms with E-state index in [1.807, 2.05) is 20.8 Å². The molecule has 0 fully saturated rings. The van der Waals surface area contributed by atoms with Gasteiger partial charge in [-0.05, 0) is 26.8 Å². The topological polar surface area (TPSA) is 52.4 Å². The van der Waals surface area contributed by atoms with E-state index in [2.05, 4.69) is 9.71 Å². The van der Waals surface area contributed by atoms with E-state index in [0.29, 0.717) is 11.2 Å². The minimum atomic E-state index is -1.23. The van der Waals surface area contributed by atoms with Gasteiger partial charge in [0.25, 0.3) is 0 Å². The van der Waals surface area contributed by atoms with Crippen molar-refractivity contribution in [3.8, 4) is 0 Å². The van der Waals surface area contributed by atoms with Crippen molar-refractivity contribution in [2.24, 2.45) is 0 Å². The van der Waals surface area contributed by atoms with Crippen LogP contribution >= 0.6 is 11.6 Å². The van der Waals surface area contributed by atoms with E-state index in [1.165, 1.54) is 12.4 Å². The average molecular weight is 304 g/mol. The Labute approximate surface area is 119 Å². The molecule has 0 amide bonds. The van der Waals surface area contributed by atoms with Crippen LogP contribution in [-0.4, -0.2) is 18.7 Å². The summed E-state index contributed by atoms with van der Waals surface area (Å²) in [6.07, 6.45) is 3.14. The fourth-order valence-electron chi connectivity index (χ4n) is 1.56. The van der Waals surface area contributed by atoms with Crippen LogP contribution in [0.25, 0.3) is 5.52 Å². The monoisotopic (exact) mass is 303 g/mol. The fraction of sp³-hybridized carbons (Fsp3) is 0.417. The Kier molecular flexibility index (Phi) is 4.06. The molecule has 0 aliphatic heterocycles. The van der Waals surface area contributed by atoms with Crippen molar-refractivity contribution in [1.29, 1.82) is 0 Å². The lowest BCUT2D eigenvalue weighted by Crippen LogP contribution is -2.39. The lowest BCUT2D eigenvalue weighted by atomic mass is 10.3. The van der Waals surface area contributed by atoms with Crippen LogP contribution in [0.5, 0.6) is 0 Å². The largest absolute Gasteiger partial charge is 0.598 e. The van der Waals surface area contributed by atoms with Gasteiger partial charge in [-0.3, -0.25) is 0 Å². The molecule has 2 heterocycles. The summed E-state index contributed by atoms with van der Waals surface area (Å²) < 4.78 is 29.9. The molecule has 104 valence electrons. The van der Waals surface area contributed by atoms with Gasteiger partial charge in [0.15, 0.2) is 5.82 Å². The number of pyridine rings is 1. The van der Waals surface area contributed by atoms with E-state index >= 15 is 0 Å². The van der Waals surface area contributed by atoms with Gasteiger partial charge in [-0.25, -0.2) is 9.37 Å². The first-order chi connectivity index (χ1) is 8.80. The summed E-state index contributed by atoms with van der Waals surface area (Å²) in [5, 5.41) is 0.0474. The molecule has 19 heavy (non-hydrogen) atoms. The molecular formula is C12H15ClFN3OS. The standard InChI is InChI=1S/C12H15ClFN3OS/c1-12(2,3)19(18)16-6-9-11-10(14)8(13)4-5-17(11)7-15-9/h4-5,7,16H,6H2,1-3H3. The van der Waals surface area contributed by atoms with Crippen LogP contribution in [-0.2, 0) is 17.9 Å². The Morgan fingerprint density at radius 1 is 1.53 bits per heavy atom. The van der Waals surface area contributed by atoms with Gasteiger partial charge in [0.2, 0.25) is 0 Å². The second kappa shape index (κ2) is 5.28. The molecule has 7 heteroatoms. The second-order valence-electron chi connectivity index (χ2n) is 5.13. The number of rotatable bonds is 3. The van der Waals surface area contributed by atoms with Gasteiger partial charge >= 0.3 is 0 Å². The molecule has 1 N–H and O–H groups in total. The highest BCUT2D eigenvalue weighted by Crippen LogP contribution is 2.22. The summed E-state index contributed by atoms with van der Waals surface area (Å²) in [6, 6.07) is 1.47. The van der Waals surface area contributed by atoms with Crippen molar-refractivity contribution >= 4 is 28.5 Å². The SMILES string of the molecule is CC(C)(C)[S+]([O-])NCc1ncn2ccc(Cl)c(F)c12. The number of fused-ring (bicyclic) bond motifs is 1. The molecule has 1 unspecified atom stereocenters. The molecule has 2 aromatic rings. The molecule has 0 radical (unpaired) electrons. The van der Waals surface area contributed by atoms with Crippen molar-refractivity contribution < 1.29 is 8.94 Å². The lowest BCUT2D eigenvalue weighted by molar-refractivity contribution is 0.543. The Bertz CT molecular complexity index is 596. The molecule has 0 saturated heterocycles. The maximum absolute atomic E-state index is 14.0. The minimum absolute atomic E-state index is 0.0474. The molecule has 2 rings (SSSR count). The van der Waals surface area contributed by atoms with Crippen LogP contribution < -0.4 is 4.72 Å². The van der Waals surface area contributed by atoms with Crippen LogP contribution in [0.4, 0.5) is 4.39 Å². The van der Waals surface area contributed by atoms with Crippen molar-refractivity contribution in [2.45, 2.75) is 32.1 Å². The number of aromatic nitrogens is 2. The Morgan fingerprint density at radius 3 is 2.84 bits per heavy atom. The minimum Gasteiger partial charge on any atom is -0.598 e. The Balaban J connectivity index is 2.25. The molecular weight excluding hydrogens is 289 g/mol. The summed E-state index contributed by atoms with van der Waals surface area (Å²) in [6.45, 7) is 5.80. The van der Waals surface area contributed by atoms with Gasteiger partial charge in [0.05, 0.1) is 23.6 Å². The number of nitrogens with zero attached hydrogens (tertiary/aromatic N) is 2. The summed E-state index contributed by atoms with van der Waals surface area (Å²) in [5.74, 6) is -0.514. The fourth-order valence-corrected chi connectivity index (χ4v) is 2.41. The maximum atomic E-state index is 14.0. The van der Waals surface area contributed by atoms with E-state index in [0.717, 1.165) is 0 Å². The quantitative estimate of drug-likeness (QED) is 0.887. The highest BCUT2D eigenvalue weighted by atomic mass is 35.5. The molecule has 2 aromatic heterocycles. The molecule has 4 nitrogen and oxygen atoms in total. The average Bonchev–Trinajstić information content (AvgIpc) is 2.73. The van der Waals surface area contributed by atoms with Crippen LogP contribution in [0.3, 0.4) is 0 Å². The van der Waals surface area contributed by atoms with Gasteiger partial charge in [-0.1, -0.05) is 11.6 Å². The Hall–Kier alpha value is -0.820. The van der Waals surface area contributed by atoms with Crippen molar-refractivity contribution in [3.05, 3.63) is 35.1 Å². The van der Waals surface area contributed by atoms with Gasteiger partial charge in [-0.2, -0.15) is 0 Å². The molecule has 0 bridgehead atoms. The number of imidazole rings is 1. The van der Waals surface area contributed by atoms with Gasteiger partial charge < -0.3 is 8.95 Å². The number of hydrogen-bond donors (Lipinski definition) is 1. The third kappa shape index (κ3) is 3.02. The van der Waals surface area contributed by atoms with Crippen LogP contribution in [0.1, 0.15) is 26.5 Å². The third-order valence-corrected chi connectivity index (χ3v) is 4.41. The number of hydrogen-bond acceptors (Lipinski definition) is 3. The summed E-state index contributed by atoms with van der Waals surface area (Å²) in [5.41, 5.74) is 0.795. The van der Waals surface area contributed by atoms with E-state index < -0.39 is 17.2 Å². The number of nitrogens with one attached hydrogen (secondary N) is 1. The predicted molar refractivity (Wildman–Crippen MR) is 74.9 cm³/mol. The molecule has 1 atom stereocenters. The zero-order valence-electron chi connectivity index (χ0n) is 10.9. The van der Waals surface area contributed by atoms with Gasteiger partial charge in [0, 0.05) is 17.6 Å². The summed E-state index contributed by atoms with van der Waals surface area (Å²) in [7, 11) is 0. The molecule has 0 aliphatic carbocycles. The predicted octanol–water partition coefficient (Wildman–Crippen LogP) is 2.68. The lowest BCUT2D eigenvalue weighted by Gasteiger charge is -2.23. The first-order valence-corrected chi connectivity index (χ1v) is 7.28. The van der Waals surface area contributed by atoms with Crippen LogP contribution in [0, 0.1) is 5.82 Å². The van der Waals surface area contributed by atoms with Crippen LogP contribution in [0.2, 0.25) is 5.02 Å². The van der Waals surface area contributed by atoms with Gasteiger partial charge in [-0.15, -0.1) is 4.72 Å². The van der Waals surface area contributed by atoms with Crippen molar-refractivity contribution in [1.82, 2.24) is 14.1 Å². The molecule has 0 spiro atoms. The zero-order chi connectivity index (χ0) is 14.2. The second-order valence-corrected chi connectivity index (χ2v) is 7.59. The normalized spacial score (nSPS) is 14.0. The zero-order valence-corrected chi connectivity index (χ0v) is 12.5. The van der Waals surface area contributed by atoms with Crippen molar-refractivity contribution in [2.75, 3.05) is 0 Å². The first kappa shape index (κ1) is 14.6. The van der Waals surface area contributed by atoms with E-state index in [1.54, 1.807) is 10.6 Å². The third-order valence-electron chi connectivity index (χ3n) is 2.60. The van der Waals surface area contributed by atoms with E-state index in [-0.39, 0.29) is 16.3 Å². The smallest absolute Gasteiger partial charge is 0.167 e. The highest BCUT2D eigenvalue weighted by Gasteiger charge is 2.26.